The summed E-state index contributed by atoms with van der Waals surface area (Å²) < 4.78 is 13.1. The zero-order valence-electron chi connectivity index (χ0n) is 31.8. The molecule has 0 atom stereocenters. The third-order valence-electron chi connectivity index (χ3n) is 10.2. The van der Waals surface area contributed by atoms with Gasteiger partial charge in [0, 0.05) is 53.0 Å². The van der Waals surface area contributed by atoms with Gasteiger partial charge in [0.05, 0.1) is 22.2 Å². The molecule has 10 rings (SSSR count). The Morgan fingerprint density at radius 1 is 0.655 bits per heavy atom. The fourth-order valence-electron chi connectivity index (χ4n) is 7.73. The average molecular weight is 948 g/mol. The van der Waals surface area contributed by atoms with Gasteiger partial charge >= 0.3 is 0 Å². The molecule has 0 amide bonds. The van der Waals surface area contributed by atoms with Crippen LogP contribution in [0.25, 0.3) is 76.2 Å². The van der Waals surface area contributed by atoms with Gasteiger partial charge in [-0.15, -0.1) is 47.2 Å². The van der Waals surface area contributed by atoms with Crippen LogP contribution in [-0.4, -0.2) is 14.5 Å². The fourth-order valence-corrected chi connectivity index (χ4v) is 9.01. The number of para-hydroxylation sites is 3. The number of imidazole rings is 1. The molecule has 3 aromatic heterocycles. The van der Waals surface area contributed by atoms with Crippen LogP contribution in [0.4, 0.5) is 0 Å². The standard InChI is InChI=1S/C51H36N4OS.Pt/c1-34(2)29-38-20-12-26-44-48-51(57-50(38)44)47(52-32-53-48)37-19-11-22-40(30-37)56-41-23-13-21-39(31-41)54-33-55(46-28-10-9-27-45(46)54)49-42(35-15-5-3-6-16-35)24-14-25-43(49)36-17-7-4-8-18-36;/h3-28,32,34H,29H2,1-2H3;/q-2;. The van der Waals surface area contributed by atoms with Gasteiger partial charge in [-0.05, 0) is 45.8 Å². The van der Waals surface area contributed by atoms with Gasteiger partial charge in [0.1, 0.15) is 6.33 Å². The number of nitrogens with zero attached hydrogens (tertiary/aromatic N) is 4. The molecule has 0 bridgehead atoms. The molecule has 0 saturated heterocycles. The van der Waals surface area contributed by atoms with E-state index in [1.807, 2.05) is 36.4 Å². The number of thiophene rings is 1. The molecule has 10 aromatic rings. The van der Waals surface area contributed by atoms with E-state index < -0.39 is 0 Å². The second-order valence-electron chi connectivity index (χ2n) is 14.5. The van der Waals surface area contributed by atoms with Crippen LogP contribution in [0.2, 0.25) is 0 Å². The van der Waals surface area contributed by atoms with Gasteiger partial charge in [-0.25, -0.2) is 4.98 Å². The van der Waals surface area contributed by atoms with Gasteiger partial charge in [0.15, 0.2) is 0 Å². The van der Waals surface area contributed by atoms with Crippen LogP contribution in [0.15, 0.2) is 164 Å². The minimum Gasteiger partial charge on any atom is -0.503 e. The summed E-state index contributed by atoms with van der Waals surface area (Å²) in [5.41, 5.74) is 12.4. The Morgan fingerprint density at radius 3 is 2.05 bits per heavy atom. The maximum Gasteiger partial charge on any atom is 0.268 e. The Bertz CT molecular complexity index is 3010. The number of hydrogen-bond acceptors (Lipinski definition) is 4. The van der Waals surface area contributed by atoms with E-state index in [-0.39, 0.29) is 21.1 Å². The monoisotopic (exact) mass is 947 g/mol. The van der Waals surface area contributed by atoms with E-state index in [1.165, 1.54) is 15.6 Å². The van der Waals surface area contributed by atoms with Crippen LogP contribution in [0.1, 0.15) is 19.4 Å². The third-order valence-corrected chi connectivity index (χ3v) is 11.5. The van der Waals surface area contributed by atoms with Gasteiger partial charge < -0.3 is 9.30 Å². The molecular formula is C51H36N4OPtS-2. The van der Waals surface area contributed by atoms with Crippen molar-refractivity contribution >= 4 is 42.7 Å². The molecule has 5 nitrogen and oxygen atoms in total. The molecule has 0 N–H and O–H groups in total. The molecule has 0 aliphatic rings. The van der Waals surface area contributed by atoms with E-state index in [0.29, 0.717) is 17.4 Å². The van der Waals surface area contributed by atoms with Crippen LogP contribution >= 0.6 is 11.3 Å². The normalized spacial score (nSPS) is 11.4. The Morgan fingerprint density at radius 2 is 1.31 bits per heavy atom. The predicted octanol–water partition coefficient (Wildman–Crippen LogP) is 12.5. The first-order valence-corrected chi connectivity index (χ1v) is 20.0. The molecule has 0 spiro atoms. The summed E-state index contributed by atoms with van der Waals surface area (Å²) in [6.45, 7) is 4.52. The SMILES string of the molecule is CC(C)Cc1cccc2c1sc1c(-c3[c-]c(Oc4[c-]c(-n5[c-][n+](-c6c(-c7ccccc7)cccc6-c6ccccc6)c6ccccc65)ccc4)ccc3)ncnc12.[Pt]. The number of benzene rings is 7. The zero-order chi connectivity index (χ0) is 38.3. The van der Waals surface area contributed by atoms with Crippen LogP contribution in [-0.2, 0) is 27.5 Å². The van der Waals surface area contributed by atoms with Crippen molar-refractivity contribution in [3.05, 3.63) is 188 Å². The molecule has 7 aromatic carbocycles. The van der Waals surface area contributed by atoms with Crippen molar-refractivity contribution in [1.82, 2.24) is 14.5 Å². The summed E-state index contributed by atoms with van der Waals surface area (Å²) in [4.78, 5) is 9.50. The largest absolute Gasteiger partial charge is 0.503 e. The molecule has 0 saturated carbocycles. The number of fused-ring (bicyclic) bond motifs is 4. The summed E-state index contributed by atoms with van der Waals surface area (Å²) in [6.07, 6.45) is 6.41. The van der Waals surface area contributed by atoms with Crippen LogP contribution in [0, 0.1) is 24.4 Å². The first-order valence-electron chi connectivity index (χ1n) is 19.2. The molecular weight excluding hydrogens is 912 g/mol. The Balaban J connectivity index is 0.00000436. The van der Waals surface area contributed by atoms with Crippen molar-refractivity contribution in [2.75, 3.05) is 0 Å². The first-order chi connectivity index (χ1) is 28.1. The number of ether oxygens (including phenoxy) is 1. The van der Waals surface area contributed by atoms with Gasteiger partial charge in [-0.1, -0.05) is 141 Å². The van der Waals surface area contributed by atoms with Crippen molar-refractivity contribution in [3.8, 4) is 56.4 Å². The average Bonchev–Trinajstić information content (AvgIpc) is 3.84. The van der Waals surface area contributed by atoms with Crippen molar-refractivity contribution in [1.29, 1.82) is 0 Å². The number of rotatable bonds is 9. The van der Waals surface area contributed by atoms with E-state index in [0.717, 1.165) is 72.6 Å². The molecule has 284 valence electrons. The Kier molecular flexibility index (Phi) is 10.3. The fraction of sp³-hybridized carbons (Fsp3) is 0.0784. The van der Waals surface area contributed by atoms with Crippen molar-refractivity contribution in [2.45, 2.75) is 20.3 Å². The van der Waals surface area contributed by atoms with Gasteiger partial charge in [-0.3, -0.25) is 9.55 Å². The van der Waals surface area contributed by atoms with E-state index in [2.05, 4.69) is 163 Å². The summed E-state index contributed by atoms with van der Waals surface area (Å²) in [6, 6.07) is 61.5. The van der Waals surface area contributed by atoms with E-state index in [9.17, 15) is 0 Å². The topological polar surface area (TPSA) is 43.8 Å². The van der Waals surface area contributed by atoms with Gasteiger partial charge in [0.25, 0.3) is 6.33 Å². The predicted molar refractivity (Wildman–Crippen MR) is 231 cm³/mol. The molecule has 58 heavy (non-hydrogen) atoms. The molecule has 7 heteroatoms. The minimum atomic E-state index is 0. The van der Waals surface area contributed by atoms with E-state index in [4.69, 9.17) is 14.7 Å². The minimum absolute atomic E-state index is 0. The maximum atomic E-state index is 6.51. The molecule has 0 aliphatic carbocycles. The van der Waals surface area contributed by atoms with Crippen molar-refractivity contribution < 1.29 is 30.4 Å². The number of aromatic nitrogens is 4. The van der Waals surface area contributed by atoms with Gasteiger partial charge in [-0.2, -0.15) is 12.1 Å². The molecule has 0 radical (unpaired) electrons. The quantitative estimate of drug-likeness (QED) is 0.107. The smallest absolute Gasteiger partial charge is 0.268 e. The summed E-state index contributed by atoms with van der Waals surface area (Å²) in [5, 5.41) is 1.17. The summed E-state index contributed by atoms with van der Waals surface area (Å²) in [7, 11) is 0. The van der Waals surface area contributed by atoms with Crippen LogP contribution < -0.4 is 9.30 Å². The first kappa shape index (κ1) is 37.4. The summed E-state index contributed by atoms with van der Waals surface area (Å²) in [5.74, 6) is 1.71. The van der Waals surface area contributed by atoms with E-state index in [1.54, 1.807) is 17.7 Å². The third kappa shape index (κ3) is 6.93. The Labute approximate surface area is 356 Å². The Hall–Kier alpha value is -6.20. The second-order valence-corrected chi connectivity index (χ2v) is 15.5. The van der Waals surface area contributed by atoms with Gasteiger partial charge in [0.2, 0.25) is 0 Å². The van der Waals surface area contributed by atoms with Crippen LogP contribution in [0.3, 0.4) is 0 Å². The molecule has 0 aliphatic heterocycles. The molecule has 3 heterocycles. The summed E-state index contributed by atoms with van der Waals surface area (Å²) >= 11 is 1.76. The van der Waals surface area contributed by atoms with E-state index >= 15 is 0 Å². The number of hydrogen-bond donors (Lipinski definition) is 0. The zero-order valence-corrected chi connectivity index (χ0v) is 34.9. The maximum absolute atomic E-state index is 6.51. The molecule has 0 unspecified atom stereocenters. The van der Waals surface area contributed by atoms with Crippen molar-refractivity contribution in [3.63, 3.8) is 0 Å². The van der Waals surface area contributed by atoms with Crippen LogP contribution in [0.5, 0.6) is 11.5 Å². The second kappa shape index (κ2) is 16.0. The molecule has 0 fully saturated rings. The van der Waals surface area contributed by atoms with Crippen molar-refractivity contribution in [2.24, 2.45) is 5.92 Å².